The lowest BCUT2D eigenvalue weighted by Crippen LogP contribution is -2.24. The average Bonchev–Trinajstić information content (AvgIpc) is 2.48. The number of carbonyl (C=O) groups excluding carboxylic acids is 1. The maximum absolute atomic E-state index is 13.2. The van der Waals surface area contributed by atoms with Gasteiger partial charge in [-0.25, -0.2) is 17.2 Å². The molecule has 0 N–H and O–H groups in total. The van der Waals surface area contributed by atoms with E-state index in [2.05, 4.69) is 0 Å². The molecule has 2 aromatic carbocycles. The lowest BCUT2D eigenvalue weighted by Gasteiger charge is -2.18. The number of Topliss-reactive ketones (excluding diaryl/α,β-unsaturated/α-hetero) is 1. The predicted molar refractivity (Wildman–Crippen MR) is 82.2 cm³/mol. The first-order valence-corrected chi connectivity index (χ1v) is 8.53. The van der Waals surface area contributed by atoms with Crippen LogP contribution < -0.4 is 0 Å². The van der Waals surface area contributed by atoms with Crippen LogP contribution in [0.1, 0.15) is 15.9 Å². The van der Waals surface area contributed by atoms with Crippen molar-refractivity contribution in [3.8, 4) is 0 Å². The summed E-state index contributed by atoms with van der Waals surface area (Å²) in [7, 11) is -3.69. The van der Waals surface area contributed by atoms with Gasteiger partial charge in [0.2, 0.25) is 0 Å². The fourth-order valence-electron chi connectivity index (χ4n) is 2.38. The summed E-state index contributed by atoms with van der Waals surface area (Å²) in [6.45, 7) is 0. The quantitative estimate of drug-likeness (QED) is 0.734. The molecule has 0 bridgehead atoms. The van der Waals surface area contributed by atoms with Gasteiger partial charge in [0.1, 0.15) is 0 Å². The fraction of sp³-hybridized carbons (Fsp3) is 0.0625. The van der Waals surface area contributed by atoms with Crippen LogP contribution in [-0.2, 0) is 9.84 Å². The SMILES string of the molecule is O=C1/C(=C\c2ccc(F)c(F)c2)CS(=O)(=O)c2ccc(Cl)cc21. The Labute approximate surface area is 136 Å². The van der Waals surface area contributed by atoms with Crippen LogP contribution in [0.4, 0.5) is 8.78 Å². The molecule has 1 aliphatic rings. The Bertz CT molecular complexity index is 965. The number of halogens is 3. The minimum absolute atomic E-state index is 0.0161. The van der Waals surface area contributed by atoms with Gasteiger partial charge in [-0.15, -0.1) is 0 Å². The monoisotopic (exact) mass is 354 g/mol. The van der Waals surface area contributed by atoms with Crippen molar-refractivity contribution in [3.63, 3.8) is 0 Å². The molecule has 3 rings (SSSR count). The maximum atomic E-state index is 13.2. The van der Waals surface area contributed by atoms with E-state index in [1.165, 1.54) is 30.3 Å². The van der Waals surface area contributed by atoms with Gasteiger partial charge in [0.25, 0.3) is 0 Å². The van der Waals surface area contributed by atoms with Crippen LogP contribution in [0.3, 0.4) is 0 Å². The topological polar surface area (TPSA) is 51.2 Å². The fourth-order valence-corrected chi connectivity index (χ4v) is 4.10. The van der Waals surface area contributed by atoms with Gasteiger partial charge in [-0.05, 0) is 42.0 Å². The van der Waals surface area contributed by atoms with Gasteiger partial charge < -0.3 is 0 Å². The summed E-state index contributed by atoms with van der Waals surface area (Å²) in [5.41, 5.74) is 0.163. The van der Waals surface area contributed by atoms with Crippen LogP contribution in [0.2, 0.25) is 5.02 Å². The molecule has 2 aromatic rings. The van der Waals surface area contributed by atoms with Crippen molar-refractivity contribution in [1.82, 2.24) is 0 Å². The highest BCUT2D eigenvalue weighted by Gasteiger charge is 2.32. The van der Waals surface area contributed by atoms with Crippen LogP contribution >= 0.6 is 11.6 Å². The third-order valence-electron chi connectivity index (χ3n) is 3.44. The first-order chi connectivity index (χ1) is 10.8. The highest BCUT2D eigenvalue weighted by molar-refractivity contribution is 7.91. The van der Waals surface area contributed by atoms with Gasteiger partial charge in [-0.1, -0.05) is 17.7 Å². The maximum Gasteiger partial charge on any atom is 0.191 e. The largest absolute Gasteiger partial charge is 0.289 e. The van der Waals surface area contributed by atoms with Gasteiger partial charge in [0.05, 0.1) is 10.6 Å². The van der Waals surface area contributed by atoms with E-state index in [-0.39, 0.29) is 26.6 Å². The van der Waals surface area contributed by atoms with Gasteiger partial charge >= 0.3 is 0 Å². The molecule has 0 fully saturated rings. The van der Waals surface area contributed by atoms with E-state index in [1.54, 1.807) is 0 Å². The van der Waals surface area contributed by atoms with Crippen molar-refractivity contribution in [2.75, 3.05) is 5.75 Å². The third-order valence-corrected chi connectivity index (χ3v) is 5.40. The summed E-state index contributed by atoms with van der Waals surface area (Å²) in [6.07, 6.45) is 1.24. The van der Waals surface area contributed by atoms with E-state index < -0.39 is 33.0 Å². The molecule has 1 aliphatic heterocycles. The summed E-state index contributed by atoms with van der Waals surface area (Å²) in [4.78, 5) is 12.4. The Morgan fingerprint density at radius 1 is 1.04 bits per heavy atom. The van der Waals surface area contributed by atoms with Gasteiger partial charge in [-0.3, -0.25) is 4.79 Å². The third kappa shape index (κ3) is 2.92. The number of hydrogen-bond donors (Lipinski definition) is 0. The molecule has 0 spiro atoms. The van der Waals surface area contributed by atoms with Crippen molar-refractivity contribution in [2.24, 2.45) is 0 Å². The second kappa shape index (κ2) is 5.54. The van der Waals surface area contributed by atoms with Crippen LogP contribution in [0.25, 0.3) is 6.08 Å². The molecule has 0 atom stereocenters. The van der Waals surface area contributed by atoms with Crippen LogP contribution in [0.5, 0.6) is 0 Å². The van der Waals surface area contributed by atoms with Gasteiger partial charge in [0, 0.05) is 16.2 Å². The Morgan fingerprint density at radius 2 is 1.78 bits per heavy atom. The van der Waals surface area contributed by atoms with Gasteiger partial charge in [0.15, 0.2) is 27.3 Å². The second-order valence-corrected chi connectivity index (χ2v) is 7.47. The number of benzene rings is 2. The molecule has 0 amide bonds. The van der Waals surface area contributed by atoms with E-state index in [4.69, 9.17) is 11.6 Å². The smallest absolute Gasteiger partial charge is 0.191 e. The summed E-state index contributed by atoms with van der Waals surface area (Å²) >= 11 is 5.82. The second-order valence-electron chi connectivity index (χ2n) is 5.07. The molecule has 0 saturated carbocycles. The molecule has 0 unspecified atom stereocenters. The number of fused-ring (bicyclic) bond motifs is 1. The van der Waals surface area contributed by atoms with E-state index in [0.29, 0.717) is 0 Å². The molecule has 0 radical (unpaired) electrons. The van der Waals surface area contributed by atoms with Crippen LogP contribution in [0, 0.1) is 11.6 Å². The number of carbonyl (C=O) groups is 1. The number of sulfone groups is 1. The standard InChI is InChI=1S/C16H9ClF2O3S/c17-11-2-4-15-12(7-11)16(20)10(8-23(15,21)22)5-9-1-3-13(18)14(19)6-9/h1-7H,8H2/b10-5-. The Hall–Kier alpha value is -2.05. The van der Waals surface area contributed by atoms with Crippen LogP contribution in [-0.4, -0.2) is 20.0 Å². The summed E-state index contributed by atoms with van der Waals surface area (Å²) < 4.78 is 50.8. The molecule has 0 saturated heterocycles. The minimum Gasteiger partial charge on any atom is -0.289 e. The summed E-state index contributed by atoms with van der Waals surface area (Å²) in [6, 6.07) is 7.05. The Balaban J connectivity index is 2.14. The lowest BCUT2D eigenvalue weighted by molar-refractivity contribution is 0.103. The number of hydrogen-bond acceptors (Lipinski definition) is 3. The molecule has 0 aliphatic carbocycles. The van der Waals surface area contributed by atoms with E-state index in [9.17, 15) is 22.0 Å². The predicted octanol–water partition coefficient (Wildman–Crippen LogP) is 3.67. The zero-order chi connectivity index (χ0) is 16.8. The number of ketones is 1. The molecular formula is C16H9ClF2O3S. The van der Waals surface area contributed by atoms with E-state index in [0.717, 1.165) is 12.1 Å². The average molecular weight is 355 g/mol. The van der Waals surface area contributed by atoms with Crippen molar-refractivity contribution >= 4 is 33.3 Å². The number of rotatable bonds is 1. The van der Waals surface area contributed by atoms with E-state index in [1.807, 2.05) is 0 Å². The van der Waals surface area contributed by atoms with Crippen molar-refractivity contribution in [2.45, 2.75) is 4.90 Å². The normalized spacial score (nSPS) is 18.0. The minimum atomic E-state index is -3.69. The molecule has 118 valence electrons. The highest BCUT2D eigenvalue weighted by Crippen LogP contribution is 2.31. The Kier molecular flexibility index (Phi) is 3.82. The molecule has 1 heterocycles. The van der Waals surface area contributed by atoms with Crippen LogP contribution in [0.15, 0.2) is 46.9 Å². The van der Waals surface area contributed by atoms with Crippen molar-refractivity contribution in [1.29, 1.82) is 0 Å². The van der Waals surface area contributed by atoms with E-state index >= 15 is 0 Å². The molecule has 7 heteroatoms. The molecule has 23 heavy (non-hydrogen) atoms. The van der Waals surface area contributed by atoms with Gasteiger partial charge in [-0.2, -0.15) is 0 Å². The van der Waals surface area contributed by atoms with Crippen molar-refractivity contribution < 1.29 is 22.0 Å². The summed E-state index contributed by atoms with van der Waals surface area (Å²) in [5.74, 6) is -3.10. The molecular weight excluding hydrogens is 346 g/mol. The molecule has 3 nitrogen and oxygen atoms in total. The first-order valence-electron chi connectivity index (χ1n) is 6.50. The Morgan fingerprint density at radius 3 is 2.48 bits per heavy atom. The highest BCUT2D eigenvalue weighted by atomic mass is 35.5. The first kappa shape index (κ1) is 15.8. The zero-order valence-corrected chi connectivity index (χ0v) is 13.1. The van der Waals surface area contributed by atoms with Crippen molar-refractivity contribution in [3.05, 3.63) is 69.8 Å². The lowest BCUT2D eigenvalue weighted by atomic mass is 10.0. The summed E-state index contributed by atoms with van der Waals surface area (Å²) in [5, 5.41) is 0.237. The zero-order valence-electron chi connectivity index (χ0n) is 11.5. The molecule has 0 aromatic heterocycles.